The van der Waals surface area contributed by atoms with Gasteiger partial charge in [-0.2, -0.15) is 0 Å². The molecule has 14 heavy (non-hydrogen) atoms. The molecule has 0 saturated heterocycles. The van der Waals surface area contributed by atoms with E-state index in [1.54, 1.807) is 0 Å². The molecule has 0 fully saturated rings. The Morgan fingerprint density at radius 2 is 2.07 bits per heavy atom. The summed E-state index contributed by atoms with van der Waals surface area (Å²) < 4.78 is 5.50. The van der Waals surface area contributed by atoms with Crippen molar-refractivity contribution in [1.82, 2.24) is 0 Å². The van der Waals surface area contributed by atoms with Gasteiger partial charge in [0, 0.05) is 0 Å². The Bertz CT molecular complexity index is 256. The molecule has 0 heterocycles. The van der Waals surface area contributed by atoms with Crippen LogP contribution in [0.25, 0.3) is 0 Å². The van der Waals surface area contributed by atoms with Crippen LogP contribution in [0.1, 0.15) is 18.1 Å². The molecule has 1 atom stereocenters. The molecule has 2 heteroatoms. The summed E-state index contributed by atoms with van der Waals surface area (Å²) in [6, 6.07) is 9.97. The van der Waals surface area contributed by atoms with Gasteiger partial charge in [-0.25, -0.2) is 0 Å². The highest BCUT2D eigenvalue weighted by Gasteiger charge is 2.08. The first-order chi connectivity index (χ1) is 6.88. The quantitative estimate of drug-likeness (QED) is 0.701. The molecule has 1 N–H and O–H groups in total. The van der Waals surface area contributed by atoms with E-state index >= 15 is 0 Å². The minimum Gasteiger partial charge on any atom is -0.394 e. The summed E-state index contributed by atoms with van der Waals surface area (Å²) in [5.74, 6) is 0. The molecule has 1 aromatic carbocycles. The highest BCUT2D eigenvalue weighted by Crippen LogP contribution is 2.20. The molecular formula is C12H16O2. The van der Waals surface area contributed by atoms with E-state index in [9.17, 15) is 0 Å². The second kappa shape index (κ2) is 6.35. The first-order valence-corrected chi connectivity index (χ1v) is 4.76. The normalized spacial score (nSPS) is 12.4. The summed E-state index contributed by atoms with van der Waals surface area (Å²) in [6.07, 6.45) is 2.61. The largest absolute Gasteiger partial charge is 0.394 e. The molecule has 0 aromatic heterocycles. The molecule has 1 aromatic rings. The Morgan fingerprint density at radius 3 is 2.64 bits per heavy atom. The van der Waals surface area contributed by atoms with Gasteiger partial charge < -0.3 is 9.84 Å². The first-order valence-electron chi connectivity index (χ1n) is 4.76. The minimum atomic E-state index is 0.0147. The van der Waals surface area contributed by atoms with Crippen LogP contribution in [0, 0.1) is 0 Å². The Hall–Kier alpha value is -1.12. The highest BCUT2D eigenvalue weighted by molar-refractivity contribution is 5.18. The van der Waals surface area contributed by atoms with Gasteiger partial charge in [0.1, 0.15) is 0 Å². The molecule has 0 spiro atoms. The summed E-state index contributed by atoms with van der Waals surface area (Å²) in [5.41, 5.74) is 1.13. The highest BCUT2D eigenvalue weighted by atomic mass is 16.5. The van der Waals surface area contributed by atoms with Gasteiger partial charge in [0.05, 0.1) is 19.3 Å². The van der Waals surface area contributed by atoms with Crippen molar-refractivity contribution < 1.29 is 9.84 Å². The number of ether oxygens (including phenoxy) is 1. The van der Waals surface area contributed by atoms with E-state index in [0.29, 0.717) is 6.61 Å². The van der Waals surface area contributed by atoms with Crippen molar-refractivity contribution in [3.63, 3.8) is 0 Å². The monoisotopic (exact) mass is 192 g/mol. The summed E-state index contributed by atoms with van der Waals surface area (Å²) in [5, 5.41) is 8.68. The molecule has 1 unspecified atom stereocenters. The minimum absolute atomic E-state index is 0.0147. The lowest BCUT2D eigenvalue weighted by Gasteiger charge is -2.15. The number of hydrogen-bond donors (Lipinski definition) is 1. The van der Waals surface area contributed by atoms with Crippen molar-refractivity contribution in [3.05, 3.63) is 48.6 Å². The molecule has 0 aliphatic carbocycles. The fourth-order valence-corrected chi connectivity index (χ4v) is 1.31. The Labute approximate surface area is 84.8 Å². The van der Waals surface area contributed by atoms with Crippen LogP contribution in [0.3, 0.4) is 0 Å². The smallest absolute Gasteiger partial charge is 0.0860 e. The van der Waals surface area contributed by atoms with Gasteiger partial charge in [-0.1, -0.05) is 36.4 Å². The van der Waals surface area contributed by atoms with Crippen LogP contribution in [0.2, 0.25) is 0 Å². The molecule has 0 aliphatic heterocycles. The van der Waals surface area contributed by atoms with Gasteiger partial charge in [0.25, 0.3) is 0 Å². The third kappa shape index (κ3) is 3.32. The van der Waals surface area contributed by atoms with Gasteiger partial charge >= 0.3 is 0 Å². The zero-order chi connectivity index (χ0) is 10.2. The molecular weight excluding hydrogens is 176 g/mol. The lowest BCUT2D eigenvalue weighted by molar-refractivity contribution is 0.0296. The molecule has 0 aliphatic rings. The van der Waals surface area contributed by atoms with E-state index in [-0.39, 0.29) is 12.7 Å². The second-order valence-corrected chi connectivity index (χ2v) is 3.02. The van der Waals surface area contributed by atoms with Crippen LogP contribution in [-0.4, -0.2) is 18.3 Å². The van der Waals surface area contributed by atoms with Crippen LogP contribution < -0.4 is 0 Å². The summed E-state index contributed by atoms with van der Waals surface area (Å²) >= 11 is 0. The topological polar surface area (TPSA) is 29.5 Å². The van der Waals surface area contributed by atoms with Crippen molar-refractivity contribution in [3.8, 4) is 0 Å². The van der Waals surface area contributed by atoms with Gasteiger partial charge in [-0.3, -0.25) is 0 Å². The average Bonchev–Trinajstić information content (AvgIpc) is 2.25. The lowest BCUT2D eigenvalue weighted by Crippen LogP contribution is -2.07. The van der Waals surface area contributed by atoms with Gasteiger partial charge in [-0.15, -0.1) is 6.58 Å². The van der Waals surface area contributed by atoms with E-state index in [1.807, 2.05) is 36.4 Å². The Morgan fingerprint density at radius 1 is 1.36 bits per heavy atom. The maximum absolute atomic E-state index is 8.68. The van der Waals surface area contributed by atoms with Crippen molar-refractivity contribution in [2.45, 2.75) is 12.5 Å². The Kier molecular flexibility index (Phi) is 4.97. The molecule has 2 nitrogen and oxygen atoms in total. The van der Waals surface area contributed by atoms with E-state index in [0.717, 1.165) is 12.0 Å². The first kappa shape index (κ1) is 11.0. The molecule has 0 saturated carbocycles. The number of benzene rings is 1. The molecule has 0 amide bonds. The predicted molar refractivity (Wildman–Crippen MR) is 57.0 cm³/mol. The fourth-order valence-electron chi connectivity index (χ4n) is 1.31. The Balaban J connectivity index is 2.62. The maximum Gasteiger partial charge on any atom is 0.0860 e. The summed E-state index contributed by atoms with van der Waals surface area (Å²) in [7, 11) is 0. The number of aliphatic hydroxyl groups excluding tert-OH is 1. The van der Waals surface area contributed by atoms with E-state index in [1.165, 1.54) is 0 Å². The van der Waals surface area contributed by atoms with Crippen LogP contribution in [0.15, 0.2) is 43.0 Å². The summed E-state index contributed by atoms with van der Waals surface area (Å²) in [4.78, 5) is 0. The van der Waals surface area contributed by atoms with Crippen molar-refractivity contribution in [1.29, 1.82) is 0 Å². The standard InChI is InChI=1S/C12H16O2/c1-2-6-12(14-10-9-13)11-7-4-3-5-8-11/h2-5,7-8,12-13H,1,6,9-10H2. The zero-order valence-corrected chi connectivity index (χ0v) is 8.23. The molecule has 1 rings (SSSR count). The fraction of sp³-hybridized carbons (Fsp3) is 0.333. The van der Waals surface area contributed by atoms with E-state index in [2.05, 4.69) is 6.58 Å². The maximum atomic E-state index is 8.68. The van der Waals surface area contributed by atoms with Crippen molar-refractivity contribution >= 4 is 0 Å². The lowest BCUT2D eigenvalue weighted by atomic mass is 10.1. The SMILES string of the molecule is C=CCC(OCCO)c1ccccc1. The van der Waals surface area contributed by atoms with Crippen LogP contribution >= 0.6 is 0 Å². The van der Waals surface area contributed by atoms with Crippen LogP contribution in [0.4, 0.5) is 0 Å². The van der Waals surface area contributed by atoms with E-state index < -0.39 is 0 Å². The number of hydrogen-bond acceptors (Lipinski definition) is 2. The number of aliphatic hydroxyl groups is 1. The van der Waals surface area contributed by atoms with Crippen molar-refractivity contribution in [2.75, 3.05) is 13.2 Å². The molecule has 0 radical (unpaired) electrons. The van der Waals surface area contributed by atoms with E-state index in [4.69, 9.17) is 9.84 Å². The van der Waals surface area contributed by atoms with Gasteiger partial charge in [0.15, 0.2) is 0 Å². The van der Waals surface area contributed by atoms with Gasteiger partial charge in [-0.05, 0) is 12.0 Å². The second-order valence-electron chi connectivity index (χ2n) is 3.02. The van der Waals surface area contributed by atoms with Crippen molar-refractivity contribution in [2.24, 2.45) is 0 Å². The zero-order valence-electron chi connectivity index (χ0n) is 8.23. The van der Waals surface area contributed by atoms with Gasteiger partial charge in [0.2, 0.25) is 0 Å². The van der Waals surface area contributed by atoms with Crippen LogP contribution in [-0.2, 0) is 4.74 Å². The predicted octanol–water partition coefficient (Wildman–Crippen LogP) is 2.31. The number of rotatable bonds is 6. The average molecular weight is 192 g/mol. The van der Waals surface area contributed by atoms with Crippen LogP contribution in [0.5, 0.6) is 0 Å². The molecule has 76 valence electrons. The summed E-state index contributed by atoms with van der Waals surface area (Å²) in [6.45, 7) is 4.12. The molecule has 0 bridgehead atoms. The third-order valence-corrected chi connectivity index (χ3v) is 1.96. The third-order valence-electron chi connectivity index (χ3n) is 1.96.